The van der Waals surface area contributed by atoms with Gasteiger partial charge in [-0.1, -0.05) is 20.3 Å². The zero-order valence-corrected chi connectivity index (χ0v) is 20.8. The van der Waals surface area contributed by atoms with Crippen molar-refractivity contribution in [3.63, 3.8) is 0 Å². The maximum Gasteiger partial charge on any atom is 0.326 e. The number of hydrogen-bond donors (Lipinski definition) is 7. The van der Waals surface area contributed by atoms with E-state index in [-0.39, 0.29) is 12.3 Å². The van der Waals surface area contributed by atoms with E-state index in [9.17, 15) is 29.4 Å². The fourth-order valence-corrected chi connectivity index (χ4v) is 3.49. The van der Waals surface area contributed by atoms with Gasteiger partial charge in [0.2, 0.25) is 17.7 Å². The van der Waals surface area contributed by atoms with Crippen LogP contribution in [0.15, 0.2) is 0 Å². The van der Waals surface area contributed by atoms with Gasteiger partial charge < -0.3 is 37.6 Å². The lowest BCUT2D eigenvalue weighted by atomic mass is 9.98. The van der Waals surface area contributed by atoms with Crippen LogP contribution in [0.25, 0.3) is 0 Å². The number of aliphatic hydroxyl groups is 1. The summed E-state index contributed by atoms with van der Waals surface area (Å²) < 4.78 is 0. The first-order chi connectivity index (χ1) is 15.5. The van der Waals surface area contributed by atoms with Crippen molar-refractivity contribution in [3.8, 4) is 0 Å². The Labute approximate surface area is 200 Å². The number of hydrogen-bond acceptors (Lipinski definition) is 8. The standard InChI is InChI=1S/C21H41N5O6S/c1-5-12(2)16(21(31)32)25-20(30)17(13(3)27)26-19(29)15(8-6-7-10-22)24-18(28)14(23)9-11-33-4/h12-17,27H,5-11,22-23H2,1-4H3,(H,24,28)(H,25,30)(H,26,29)(H,31,32). The Morgan fingerprint density at radius 2 is 1.55 bits per heavy atom. The molecule has 0 heterocycles. The van der Waals surface area contributed by atoms with Gasteiger partial charge in [-0.2, -0.15) is 11.8 Å². The molecule has 0 rings (SSSR count). The number of amides is 3. The summed E-state index contributed by atoms with van der Waals surface area (Å²) in [5.74, 6) is -2.87. The van der Waals surface area contributed by atoms with E-state index in [0.29, 0.717) is 38.0 Å². The monoisotopic (exact) mass is 491 g/mol. The SMILES string of the molecule is CCC(C)C(NC(=O)C(NC(=O)C(CCCCN)NC(=O)C(N)CCSC)C(C)O)C(=O)O. The number of nitrogens with one attached hydrogen (secondary N) is 3. The molecule has 0 aromatic heterocycles. The van der Waals surface area contributed by atoms with E-state index in [1.165, 1.54) is 6.92 Å². The van der Waals surface area contributed by atoms with Crippen LogP contribution in [0.3, 0.4) is 0 Å². The van der Waals surface area contributed by atoms with Gasteiger partial charge >= 0.3 is 5.97 Å². The molecule has 33 heavy (non-hydrogen) atoms. The summed E-state index contributed by atoms with van der Waals surface area (Å²) in [5.41, 5.74) is 11.4. The Kier molecular flexibility index (Phi) is 15.7. The van der Waals surface area contributed by atoms with E-state index < -0.39 is 54.0 Å². The number of rotatable bonds is 17. The van der Waals surface area contributed by atoms with E-state index in [0.717, 1.165) is 0 Å². The number of carboxylic acids is 1. The molecule has 9 N–H and O–H groups in total. The third-order valence-corrected chi connectivity index (χ3v) is 6.03. The fraction of sp³-hybridized carbons (Fsp3) is 0.810. The van der Waals surface area contributed by atoms with Gasteiger partial charge in [0.15, 0.2) is 0 Å². The first kappa shape index (κ1) is 31.1. The van der Waals surface area contributed by atoms with Crippen LogP contribution >= 0.6 is 11.8 Å². The quantitative estimate of drug-likeness (QED) is 0.127. The number of thioether (sulfide) groups is 1. The molecule has 0 fully saturated rings. The predicted octanol–water partition coefficient (Wildman–Crippen LogP) is -0.838. The molecule has 192 valence electrons. The van der Waals surface area contributed by atoms with Crippen molar-refractivity contribution >= 4 is 35.5 Å². The van der Waals surface area contributed by atoms with Crippen molar-refractivity contribution in [1.29, 1.82) is 0 Å². The second-order valence-electron chi connectivity index (χ2n) is 8.17. The van der Waals surface area contributed by atoms with Crippen LogP contribution < -0.4 is 27.4 Å². The van der Waals surface area contributed by atoms with Crippen LogP contribution in [0.1, 0.15) is 52.9 Å². The summed E-state index contributed by atoms with van der Waals surface area (Å²) in [6, 6.07) is -4.34. The molecule has 6 atom stereocenters. The molecular formula is C21H41N5O6S. The highest BCUT2D eigenvalue weighted by Crippen LogP contribution is 2.10. The van der Waals surface area contributed by atoms with Gasteiger partial charge in [0, 0.05) is 0 Å². The third-order valence-electron chi connectivity index (χ3n) is 5.39. The first-order valence-electron chi connectivity index (χ1n) is 11.3. The van der Waals surface area contributed by atoms with Crippen molar-refractivity contribution in [2.75, 3.05) is 18.6 Å². The van der Waals surface area contributed by atoms with Gasteiger partial charge in [-0.3, -0.25) is 14.4 Å². The van der Waals surface area contributed by atoms with Crippen molar-refractivity contribution in [3.05, 3.63) is 0 Å². The van der Waals surface area contributed by atoms with Crippen molar-refractivity contribution < 1.29 is 29.4 Å². The molecule has 0 saturated heterocycles. The second-order valence-corrected chi connectivity index (χ2v) is 9.16. The highest BCUT2D eigenvalue weighted by atomic mass is 32.2. The van der Waals surface area contributed by atoms with E-state index in [4.69, 9.17) is 11.5 Å². The molecule has 0 aromatic rings. The van der Waals surface area contributed by atoms with Crippen LogP contribution in [-0.2, 0) is 19.2 Å². The number of aliphatic hydroxyl groups excluding tert-OH is 1. The number of carbonyl (C=O) groups is 4. The zero-order chi connectivity index (χ0) is 25.6. The van der Waals surface area contributed by atoms with Gasteiger partial charge in [-0.15, -0.1) is 0 Å². The average molecular weight is 492 g/mol. The molecule has 0 aliphatic heterocycles. The molecule has 0 spiro atoms. The normalized spacial score (nSPS) is 16.6. The molecule has 0 radical (unpaired) electrons. The number of unbranched alkanes of at least 4 members (excludes halogenated alkanes) is 1. The Morgan fingerprint density at radius 3 is 2.03 bits per heavy atom. The first-order valence-corrected chi connectivity index (χ1v) is 12.7. The molecule has 0 saturated carbocycles. The highest BCUT2D eigenvalue weighted by Gasteiger charge is 2.33. The minimum Gasteiger partial charge on any atom is -0.480 e. The van der Waals surface area contributed by atoms with Gasteiger partial charge in [-0.25, -0.2) is 4.79 Å². The summed E-state index contributed by atoms with van der Waals surface area (Å²) in [5, 5.41) is 27.0. The summed E-state index contributed by atoms with van der Waals surface area (Å²) >= 11 is 1.55. The third kappa shape index (κ3) is 11.7. The molecule has 0 aliphatic carbocycles. The summed E-state index contributed by atoms with van der Waals surface area (Å²) in [7, 11) is 0. The number of aliphatic carboxylic acids is 1. The van der Waals surface area contributed by atoms with Crippen molar-refractivity contribution in [2.45, 2.75) is 83.1 Å². The average Bonchev–Trinajstić information content (AvgIpc) is 2.77. The van der Waals surface area contributed by atoms with Crippen molar-refractivity contribution in [1.82, 2.24) is 16.0 Å². The van der Waals surface area contributed by atoms with Gasteiger partial charge in [0.1, 0.15) is 18.1 Å². The predicted molar refractivity (Wildman–Crippen MR) is 128 cm³/mol. The maximum absolute atomic E-state index is 12.9. The molecule has 0 aromatic carbocycles. The summed E-state index contributed by atoms with van der Waals surface area (Å²) in [4.78, 5) is 49.6. The fourth-order valence-electron chi connectivity index (χ4n) is 3.00. The lowest BCUT2D eigenvalue weighted by Crippen LogP contribution is -2.60. The molecule has 0 bridgehead atoms. The highest BCUT2D eigenvalue weighted by molar-refractivity contribution is 7.98. The van der Waals surface area contributed by atoms with Gasteiger partial charge in [0.25, 0.3) is 0 Å². The number of carbonyl (C=O) groups excluding carboxylic acids is 3. The minimum atomic E-state index is -1.40. The van der Waals surface area contributed by atoms with Crippen LogP contribution in [-0.4, -0.2) is 82.7 Å². The van der Waals surface area contributed by atoms with E-state index in [2.05, 4.69) is 16.0 Å². The Balaban J connectivity index is 5.41. The minimum absolute atomic E-state index is 0.267. The Bertz CT molecular complexity index is 636. The Morgan fingerprint density at radius 1 is 0.939 bits per heavy atom. The van der Waals surface area contributed by atoms with Crippen LogP contribution in [0.4, 0.5) is 0 Å². The summed E-state index contributed by atoms with van der Waals surface area (Å²) in [6.07, 6.45) is 2.99. The largest absolute Gasteiger partial charge is 0.480 e. The topological polar surface area (TPSA) is 197 Å². The molecule has 12 heteroatoms. The van der Waals surface area contributed by atoms with E-state index in [1.807, 2.05) is 6.26 Å². The van der Waals surface area contributed by atoms with Crippen molar-refractivity contribution in [2.24, 2.45) is 17.4 Å². The lowest BCUT2D eigenvalue weighted by molar-refractivity contribution is -0.144. The number of carboxylic acid groups (broad SMARTS) is 1. The zero-order valence-electron chi connectivity index (χ0n) is 20.0. The van der Waals surface area contributed by atoms with Gasteiger partial charge in [0.05, 0.1) is 12.1 Å². The van der Waals surface area contributed by atoms with Crippen LogP contribution in [0.5, 0.6) is 0 Å². The molecular weight excluding hydrogens is 450 g/mol. The molecule has 11 nitrogen and oxygen atoms in total. The van der Waals surface area contributed by atoms with E-state index >= 15 is 0 Å². The van der Waals surface area contributed by atoms with Crippen LogP contribution in [0.2, 0.25) is 0 Å². The van der Waals surface area contributed by atoms with E-state index in [1.54, 1.807) is 25.6 Å². The molecule has 6 unspecified atom stereocenters. The molecule has 0 aliphatic rings. The molecule has 3 amide bonds. The second kappa shape index (κ2) is 16.7. The summed E-state index contributed by atoms with van der Waals surface area (Å²) in [6.45, 7) is 5.20. The maximum atomic E-state index is 12.9. The Hall–Kier alpha value is -1.89. The van der Waals surface area contributed by atoms with Crippen LogP contribution in [0, 0.1) is 5.92 Å². The smallest absolute Gasteiger partial charge is 0.326 e. The number of nitrogens with two attached hydrogens (primary N) is 2. The van der Waals surface area contributed by atoms with Gasteiger partial charge in [-0.05, 0) is 57.1 Å². The lowest BCUT2D eigenvalue weighted by Gasteiger charge is -2.27.